The summed E-state index contributed by atoms with van der Waals surface area (Å²) in [5, 5.41) is 9.54. The maximum atomic E-state index is 13.4. The van der Waals surface area contributed by atoms with Crippen molar-refractivity contribution in [2.45, 2.75) is 25.0 Å². The number of hydrogen-bond donors (Lipinski definition) is 0. The predicted octanol–water partition coefficient (Wildman–Crippen LogP) is 4.51. The molecule has 0 N–H and O–H groups in total. The molecule has 1 atom stereocenters. The van der Waals surface area contributed by atoms with Crippen LogP contribution in [0.1, 0.15) is 24.4 Å². The van der Waals surface area contributed by atoms with Gasteiger partial charge >= 0.3 is 0 Å². The molecule has 0 spiro atoms. The van der Waals surface area contributed by atoms with E-state index in [0.29, 0.717) is 6.61 Å². The Morgan fingerprint density at radius 1 is 1.14 bits per heavy atom. The molecule has 0 aliphatic carbocycles. The third kappa shape index (κ3) is 4.91. The van der Waals surface area contributed by atoms with Crippen molar-refractivity contribution < 1.29 is 9.13 Å². The molecule has 5 nitrogen and oxygen atoms in total. The van der Waals surface area contributed by atoms with E-state index in [-0.39, 0.29) is 11.9 Å². The first kappa shape index (κ1) is 20.4. The second-order valence-electron chi connectivity index (χ2n) is 6.81. The van der Waals surface area contributed by atoms with Gasteiger partial charge in [0.1, 0.15) is 11.6 Å². The SMILES string of the molecule is Cc1cccc(OCCSc2nnc([C@H](C)N(C)C)n2-c2ccc(F)cc2)c1. The van der Waals surface area contributed by atoms with E-state index in [9.17, 15) is 4.39 Å². The van der Waals surface area contributed by atoms with Crippen LogP contribution in [-0.2, 0) is 0 Å². The summed E-state index contributed by atoms with van der Waals surface area (Å²) in [5.74, 6) is 2.14. The lowest BCUT2D eigenvalue weighted by Crippen LogP contribution is -2.20. The summed E-state index contributed by atoms with van der Waals surface area (Å²) in [6, 6.07) is 14.5. The minimum Gasteiger partial charge on any atom is -0.493 e. The molecule has 0 aliphatic rings. The number of halogens is 1. The monoisotopic (exact) mass is 400 g/mol. The van der Waals surface area contributed by atoms with Gasteiger partial charge in [0, 0.05) is 11.4 Å². The number of benzene rings is 2. The number of thioether (sulfide) groups is 1. The number of aryl methyl sites for hydroxylation is 1. The summed E-state index contributed by atoms with van der Waals surface area (Å²) in [6.07, 6.45) is 0. The Kier molecular flexibility index (Phi) is 6.70. The molecule has 0 fully saturated rings. The fourth-order valence-corrected chi connectivity index (χ4v) is 3.48. The van der Waals surface area contributed by atoms with Crippen LogP contribution in [0.5, 0.6) is 5.75 Å². The van der Waals surface area contributed by atoms with Crippen LogP contribution in [0, 0.1) is 12.7 Å². The first-order valence-electron chi connectivity index (χ1n) is 9.15. The molecule has 2 aromatic carbocycles. The van der Waals surface area contributed by atoms with Crippen LogP contribution in [0.2, 0.25) is 0 Å². The Labute approximate surface area is 169 Å². The van der Waals surface area contributed by atoms with Crippen LogP contribution >= 0.6 is 11.8 Å². The Balaban J connectivity index is 1.75. The average molecular weight is 401 g/mol. The zero-order valence-electron chi connectivity index (χ0n) is 16.6. The van der Waals surface area contributed by atoms with Crippen LogP contribution in [0.4, 0.5) is 4.39 Å². The molecule has 0 aliphatic heterocycles. The van der Waals surface area contributed by atoms with Crippen LogP contribution in [0.25, 0.3) is 5.69 Å². The van der Waals surface area contributed by atoms with Gasteiger partial charge in [-0.05, 0) is 69.9 Å². The molecule has 1 heterocycles. The highest BCUT2D eigenvalue weighted by atomic mass is 32.2. The van der Waals surface area contributed by atoms with Gasteiger partial charge in [0.05, 0.1) is 12.6 Å². The highest BCUT2D eigenvalue weighted by molar-refractivity contribution is 7.99. The highest BCUT2D eigenvalue weighted by Gasteiger charge is 2.20. The van der Waals surface area contributed by atoms with E-state index in [1.165, 1.54) is 17.7 Å². The van der Waals surface area contributed by atoms with Crippen molar-refractivity contribution in [3.05, 3.63) is 65.7 Å². The minimum absolute atomic E-state index is 0.0652. The lowest BCUT2D eigenvalue weighted by atomic mass is 10.2. The molecular formula is C21H25FN4OS. The lowest BCUT2D eigenvalue weighted by Gasteiger charge is -2.20. The van der Waals surface area contributed by atoms with Gasteiger partial charge in [-0.25, -0.2) is 4.39 Å². The lowest BCUT2D eigenvalue weighted by molar-refractivity contribution is 0.305. The molecular weight excluding hydrogens is 375 g/mol. The molecule has 148 valence electrons. The molecule has 0 amide bonds. The number of nitrogens with zero attached hydrogens (tertiary/aromatic N) is 4. The van der Waals surface area contributed by atoms with E-state index in [1.807, 2.05) is 49.9 Å². The molecule has 0 bridgehead atoms. The summed E-state index contributed by atoms with van der Waals surface area (Å²) >= 11 is 1.57. The second-order valence-corrected chi connectivity index (χ2v) is 7.87. The van der Waals surface area contributed by atoms with E-state index in [4.69, 9.17) is 4.74 Å². The van der Waals surface area contributed by atoms with Crippen molar-refractivity contribution in [2.75, 3.05) is 26.5 Å². The Bertz CT molecular complexity index is 911. The Hall–Kier alpha value is -2.38. The fraction of sp³-hybridized carbons (Fsp3) is 0.333. The van der Waals surface area contributed by atoms with E-state index in [1.54, 1.807) is 23.9 Å². The topological polar surface area (TPSA) is 43.2 Å². The van der Waals surface area contributed by atoms with Gasteiger partial charge in [-0.2, -0.15) is 0 Å². The smallest absolute Gasteiger partial charge is 0.196 e. The van der Waals surface area contributed by atoms with Gasteiger partial charge < -0.3 is 4.74 Å². The minimum atomic E-state index is -0.264. The first-order valence-corrected chi connectivity index (χ1v) is 10.1. The number of aromatic nitrogens is 3. The fourth-order valence-electron chi connectivity index (χ4n) is 2.71. The Morgan fingerprint density at radius 3 is 2.57 bits per heavy atom. The molecule has 28 heavy (non-hydrogen) atoms. The third-order valence-electron chi connectivity index (χ3n) is 4.46. The van der Waals surface area contributed by atoms with Crippen molar-refractivity contribution in [2.24, 2.45) is 0 Å². The zero-order chi connectivity index (χ0) is 20.1. The van der Waals surface area contributed by atoms with Crippen LogP contribution in [0.3, 0.4) is 0 Å². The Morgan fingerprint density at radius 2 is 1.89 bits per heavy atom. The largest absolute Gasteiger partial charge is 0.493 e. The molecule has 0 saturated heterocycles. The zero-order valence-corrected chi connectivity index (χ0v) is 17.4. The van der Waals surface area contributed by atoms with Gasteiger partial charge in [0.25, 0.3) is 0 Å². The van der Waals surface area contributed by atoms with Crippen molar-refractivity contribution in [1.82, 2.24) is 19.7 Å². The summed E-state index contributed by atoms with van der Waals surface area (Å²) in [6.45, 7) is 4.67. The maximum Gasteiger partial charge on any atom is 0.196 e. The molecule has 0 unspecified atom stereocenters. The van der Waals surface area contributed by atoms with Crippen molar-refractivity contribution in [1.29, 1.82) is 0 Å². The molecule has 3 rings (SSSR count). The maximum absolute atomic E-state index is 13.4. The summed E-state index contributed by atoms with van der Waals surface area (Å²) < 4.78 is 21.2. The van der Waals surface area contributed by atoms with Crippen molar-refractivity contribution in [3.8, 4) is 11.4 Å². The van der Waals surface area contributed by atoms with E-state index in [2.05, 4.69) is 22.0 Å². The predicted molar refractivity (Wildman–Crippen MR) is 111 cm³/mol. The molecule has 1 aromatic heterocycles. The van der Waals surface area contributed by atoms with E-state index in [0.717, 1.165) is 28.2 Å². The molecule has 0 radical (unpaired) electrons. The normalized spacial score (nSPS) is 12.4. The summed E-state index contributed by atoms with van der Waals surface area (Å²) in [5.41, 5.74) is 2.01. The number of hydrogen-bond acceptors (Lipinski definition) is 5. The van der Waals surface area contributed by atoms with Gasteiger partial charge in [0.15, 0.2) is 11.0 Å². The number of ether oxygens (including phenoxy) is 1. The average Bonchev–Trinajstić information content (AvgIpc) is 3.09. The van der Waals surface area contributed by atoms with Gasteiger partial charge in [-0.3, -0.25) is 9.47 Å². The van der Waals surface area contributed by atoms with Crippen LogP contribution in [0.15, 0.2) is 53.7 Å². The second kappa shape index (κ2) is 9.21. The number of rotatable bonds is 8. The van der Waals surface area contributed by atoms with Crippen LogP contribution < -0.4 is 4.74 Å². The molecule has 3 aromatic rings. The van der Waals surface area contributed by atoms with Gasteiger partial charge in [-0.15, -0.1) is 10.2 Å². The first-order chi connectivity index (χ1) is 13.5. The third-order valence-corrected chi connectivity index (χ3v) is 5.36. The van der Waals surface area contributed by atoms with Crippen molar-refractivity contribution >= 4 is 11.8 Å². The van der Waals surface area contributed by atoms with E-state index >= 15 is 0 Å². The molecule has 7 heteroatoms. The van der Waals surface area contributed by atoms with Gasteiger partial charge in [0.2, 0.25) is 0 Å². The summed E-state index contributed by atoms with van der Waals surface area (Å²) in [4.78, 5) is 2.07. The van der Waals surface area contributed by atoms with E-state index < -0.39 is 0 Å². The highest BCUT2D eigenvalue weighted by Crippen LogP contribution is 2.27. The molecule has 0 saturated carbocycles. The van der Waals surface area contributed by atoms with Crippen LogP contribution in [-0.4, -0.2) is 46.1 Å². The standard InChI is InChI=1S/C21H25FN4OS/c1-15-6-5-7-19(14-15)27-12-13-28-21-24-23-20(16(2)25(3)4)26(21)18-10-8-17(22)9-11-18/h5-11,14,16H,12-13H2,1-4H3/t16-/m0/s1. The summed E-state index contributed by atoms with van der Waals surface area (Å²) in [7, 11) is 3.99. The quantitative estimate of drug-likeness (QED) is 0.411. The van der Waals surface area contributed by atoms with Gasteiger partial charge in [-0.1, -0.05) is 23.9 Å². The van der Waals surface area contributed by atoms with Crippen molar-refractivity contribution in [3.63, 3.8) is 0 Å².